The number of nitrogens with zero attached hydrogens (tertiary/aromatic N) is 3. The van der Waals surface area contributed by atoms with E-state index >= 15 is 0 Å². The van der Waals surface area contributed by atoms with Crippen LogP contribution in [0.5, 0.6) is 0 Å². The molecule has 1 aromatic rings. The molecule has 0 bridgehead atoms. The lowest BCUT2D eigenvalue weighted by Gasteiger charge is -2.30. The summed E-state index contributed by atoms with van der Waals surface area (Å²) in [6.45, 7) is 14.1. The molecule has 1 aliphatic rings. The maximum absolute atomic E-state index is 5.70. The smallest absolute Gasteiger partial charge is 0.208 e. The van der Waals surface area contributed by atoms with Crippen molar-refractivity contribution in [2.75, 3.05) is 32.7 Å². The molecule has 0 amide bonds. The Bertz CT molecular complexity index is 498. The molecule has 136 valence electrons. The van der Waals surface area contributed by atoms with Crippen LogP contribution in [0.4, 0.5) is 0 Å². The maximum Gasteiger partial charge on any atom is 0.208 e. The second-order valence-electron chi connectivity index (χ2n) is 6.62. The van der Waals surface area contributed by atoms with Crippen molar-refractivity contribution in [3.05, 3.63) is 17.3 Å². The van der Waals surface area contributed by atoms with Gasteiger partial charge in [-0.25, -0.2) is 4.98 Å². The molecule has 0 spiro atoms. The Morgan fingerprint density at radius 1 is 1.25 bits per heavy atom. The van der Waals surface area contributed by atoms with Crippen LogP contribution in [0.1, 0.15) is 50.5 Å². The molecule has 2 heterocycles. The van der Waals surface area contributed by atoms with E-state index in [1.54, 1.807) is 0 Å². The Balaban J connectivity index is 1.75. The molecule has 1 fully saturated rings. The highest BCUT2D eigenvalue weighted by Gasteiger charge is 2.20. The summed E-state index contributed by atoms with van der Waals surface area (Å²) in [4.78, 5) is 11.7. The number of hydrogen-bond donors (Lipinski definition) is 2. The summed E-state index contributed by atoms with van der Waals surface area (Å²) in [5.41, 5.74) is 1.00. The first kappa shape index (κ1) is 18.8. The largest absolute Gasteiger partial charge is 0.444 e. The SMILES string of the molecule is CCCNC(=NCC1CCN(Cc2nc(C)c(C)o2)CC1)NCC. The van der Waals surface area contributed by atoms with E-state index in [0.717, 1.165) is 69.0 Å². The molecule has 0 atom stereocenters. The van der Waals surface area contributed by atoms with Crippen molar-refractivity contribution < 1.29 is 4.42 Å². The van der Waals surface area contributed by atoms with Gasteiger partial charge in [0, 0.05) is 19.6 Å². The van der Waals surface area contributed by atoms with E-state index in [9.17, 15) is 0 Å². The number of piperidine rings is 1. The normalized spacial score (nSPS) is 17.2. The number of rotatable bonds is 7. The molecule has 24 heavy (non-hydrogen) atoms. The Morgan fingerprint density at radius 3 is 2.58 bits per heavy atom. The fraction of sp³-hybridized carbons (Fsp3) is 0.778. The van der Waals surface area contributed by atoms with Gasteiger partial charge in [0.2, 0.25) is 5.89 Å². The van der Waals surface area contributed by atoms with Gasteiger partial charge in [-0.15, -0.1) is 0 Å². The minimum atomic E-state index is 0.673. The highest BCUT2D eigenvalue weighted by atomic mass is 16.4. The molecule has 2 rings (SSSR count). The Hall–Kier alpha value is -1.56. The molecule has 0 unspecified atom stereocenters. The summed E-state index contributed by atoms with van der Waals surface area (Å²) in [6, 6.07) is 0. The molecule has 2 N–H and O–H groups in total. The van der Waals surface area contributed by atoms with E-state index in [4.69, 9.17) is 9.41 Å². The van der Waals surface area contributed by atoms with Crippen LogP contribution in [0.15, 0.2) is 9.41 Å². The highest BCUT2D eigenvalue weighted by molar-refractivity contribution is 5.79. The van der Waals surface area contributed by atoms with Crippen molar-refractivity contribution in [1.29, 1.82) is 0 Å². The number of oxazole rings is 1. The van der Waals surface area contributed by atoms with Crippen molar-refractivity contribution in [2.24, 2.45) is 10.9 Å². The fourth-order valence-electron chi connectivity index (χ4n) is 2.93. The first-order valence-corrected chi connectivity index (χ1v) is 9.29. The van der Waals surface area contributed by atoms with Crippen LogP contribution in [0.3, 0.4) is 0 Å². The van der Waals surface area contributed by atoms with Crippen LogP contribution >= 0.6 is 0 Å². The predicted molar refractivity (Wildman–Crippen MR) is 98.3 cm³/mol. The van der Waals surface area contributed by atoms with Crippen LogP contribution in [0.2, 0.25) is 0 Å². The Labute approximate surface area is 146 Å². The van der Waals surface area contributed by atoms with Crippen molar-refractivity contribution >= 4 is 5.96 Å². The summed E-state index contributed by atoms with van der Waals surface area (Å²) in [6.07, 6.45) is 3.49. The van der Waals surface area contributed by atoms with Gasteiger partial charge in [-0.1, -0.05) is 6.92 Å². The minimum Gasteiger partial charge on any atom is -0.444 e. The third kappa shape index (κ3) is 5.82. The molecule has 1 aliphatic heterocycles. The van der Waals surface area contributed by atoms with E-state index in [1.807, 2.05) is 13.8 Å². The molecular formula is C18H33N5O. The van der Waals surface area contributed by atoms with Crippen molar-refractivity contribution in [2.45, 2.75) is 53.5 Å². The maximum atomic E-state index is 5.70. The van der Waals surface area contributed by atoms with Gasteiger partial charge in [-0.2, -0.15) is 0 Å². The lowest BCUT2D eigenvalue weighted by molar-refractivity contribution is 0.166. The molecule has 6 nitrogen and oxygen atoms in total. The van der Waals surface area contributed by atoms with E-state index in [0.29, 0.717) is 5.92 Å². The first-order valence-electron chi connectivity index (χ1n) is 9.29. The lowest BCUT2D eigenvalue weighted by atomic mass is 9.97. The second kappa shape index (κ2) is 9.67. The van der Waals surface area contributed by atoms with Gasteiger partial charge in [-0.05, 0) is 59.0 Å². The zero-order valence-electron chi connectivity index (χ0n) is 15.7. The molecule has 1 aromatic heterocycles. The second-order valence-corrected chi connectivity index (χ2v) is 6.62. The van der Waals surface area contributed by atoms with Crippen LogP contribution in [-0.4, -0.2) is 48.6 Å². The average molecular weight is 335 g/mol. The van der Waals surface area contributed by atoms with Gasteiger partial charge in [0.1, 0.15) is 5.76 Å². The monoisotopic (exact) mass is 335 g/mol. The van der Waals surface area contributed by atoms with Crippen LogP contribution in [0.25, 0.3) is 0 Å². The standard InChI is InChI=1S/C18H33N5O/c1-5-9-20-18(19-6-2)21-12-16-7-10-23(11-8-16)13-17-22-14(3)15(4)24-17/h16H,5-13H2,1-4H3,(H2,19,20,21). The number of nitrogens with one attached hydrogen (secondary N) is 2. The number of guanidine groups is 1. The van der Waals surface area contributed by atoms with Gasteiger partial charge in [-0.3, -0.25) is 9.89 Å². The molecule has 6 heteroatoms. The third-order valence-electron chi connectivity index (χ3n) is 4.53. The fourth-order valence-corrected chi connectivity index (χ4v) is 2.93. The van der Waals surface area contributed by atoms with Gasteiger partial charge in [0.05, 0.1) is 12.2 Å². The lowest BCUT2D eigenvalue weighted by Crippen LogP contribution is -2.39. The Morgan fingerprint density at radius 2 is 2.00 bits per heavy atom. The number of hydrogen-bond acceptors (Lipinski definition) is 4. The van der Waals surface area contributed by atoms with E-state index in [1.165, 1.54) is 12.8 Å². The highest BCUT2D eigenvalue weighted by Crippen LogP contribution is 2.20. The first-order chi connectivity index (χ1) is 11.6. The predicted octanol–water partition coefficient (Wildman–Crippen LogP) is 2.47. The summed E-state index contributed by atoms with van der Waals surface area (Å²) in [5.74, 6) is 3.41. The van der Waals surface area contributed by atoms with E-state index in [-0.39, 0.29) is 0 Å². The number of aliphatic imine (C=N–C) groups is 1. The summed E-state index contributed by atoms with van der Waals surface area (Å²) in [5, 5.41) is 6.68. The summed E-state index contributed by atoms with van der Waals surface area (Å²) in [7, 11) is 0. The zero-order valence-corrected chi connectivity index (χ0v) is 15.7. The average Bonchev–Trinajstić information content (AvgIpc) is 2.89. The molecule has 1 saturated heterocycles. The number of likely N-dealkylation sites (tertiary alicyclic amines) is 1. The topological polar surface area (TPSA) is 65.7 Å². The van der Waals surface area contributed by atoms with Crippen molar-refractivity contribution in [3.63, 3.8) is 0 Å². The number of aromatic nitrogens is 1. The van der Waals surface area contributed by atoms with Gasteiger partial charge in [0.15, 0.2) is 5.96 Å². The molecule has 0 saturated carbocycles. The van der Waals surface area contributed by atoms with Gasteiger partial charge < -0.3 is 15.1 Å². The van der Waals surface area contributed by atoms with Crippen molar-refractivity contribution in [3.8, 4) is 0 Å². The molecule has 0 radical (unpaired) electrons. The van der Waals surface area contributed by atoms with Gasteiger partial charge in [0.25, 0.3) is 0 Å². The minimum absolute atomic E-state index is 0.673. The van der Waals surface area contributed by atoms with Gasteiger partial charge >= 0.3 is 0 Å². The Kier molecular flexibility index (Phi) is 7.56. The van der Waals surface area contributed by atoms with Crippen LogP contribution < -0.4 is 10.6 Å². The van der Waals surface area contributed by atoms with Crippen LogP contribution in [-0.2, 0) is 6.54 Å². The molecular weight excluding hydrogens is 302 g/mol. The van der Waals surface area contributed by atoms with E-state index in [2.05, 4.69) is 34.4 Å². The zero-order chi connectivity index (χ0) is 17.4. The summed E-state index contributed by atoms with van der Waals surface area (Å²) >= 11 is 0. The number of aryl methyl sites for hydroxylation is 2. The summed E-state index contributed by atoms with van der Waals surface area (Å²) < 4.78 is 5.70. The third-order valence-corrected chi connectivity index (χ3v) is 4.53. The molecule has 0 aromatic carbocycles. The van der Waals surface area contributed by atoms with Crippen LogP contribution in [0, 0.1) is 19.8 Å². The quantitative estimate of drug-likeness (QED) is 0.592. The van der Waals surface area contributed by atoms with Crippen molar-refractivity contribution in [1.82, 2.24) is 20.5 Å². The van der Waals surface area contributed by atoms with E-state index < -0.39 is 0 Å². The molecule has 0 aliphatic carbocycles.